The van der Waals surface area contributed by atoms with Crippen molar-refractivity contribution in [1.29, 1.82) is 0 Å². The SMILES string of the molecule is C=C(C)C(=O)[O-].C[Si]1(C)CCCCO1. The molecule has 1 saturated heterocycles. The number of carbonyl (C=O) groups excluding carboxylic acids is 1. The number of aliphatic carboxylic acids is 1. The van der Waals surface area contributed by atoms with Crippen molar-refractivity contribution in [3.8, 4) is 0 Å². The molecule has 1 fully saturated rings. The highest BCUT2D eigenvalue weighted by Crippen LogP contribution is 2.20. The van der Waals surface area contributed by atoms with Gasteiger partial charge in [0.15, 0.2) is 8.32 Å². The summed E-state index contributed by atoms with van der Waals surface area (Å²) < 4.78 is 5.60. The number of carbonyl (C=O) groups is 1. The molecule has 0 aliphatic carbocycles. The summed E-state index contributed by atoms with van der Waals surface area (Å²) in [6.07, 6.45) is 2.69. The van der Waals surface area contributed by atoms with Crippen molar-refractivity contribution in [3.05, 3.63) is 12.2 Å². The molecule has 1 rings (SSSR count). The standard InChI is InChI=1S/C6H14OSi.C4H6O2/c1-8(2)6-4-3-5-7-8;1-3(2)4(5)6/h3-6H2,1-2H3;1H2,2H3,(H,5,6)/p-1. The third kappa shape index (κ3) is 6.86. The normalized spacial score (nSPS) is 19.1. The van der Waals surface area contributed by atoms with Gasteiger partial charge in [-0.2, -0.15) is 0 Å². The van der Waals surface area contributed by atoms with Gasteiger partial charge in [-0.15, -0.1) is 0 Å². The molecule has 0 amide bonds. The van der Waals surface area contributed by atoms with E-state index in [1.54, 1.807) is 0 Å². The summed E-state index contributed by atoms with van der Waals surface area (Å²) in [6, 6.07) is 1.37. The Bertz CT molecular complexity index is 191. The lowest BCUT2D eigenvalue weighted by Gasteiger charge is -2.27. The van der Waals surface area contributed by atoms with Crippen LogP contribution < -0.4 is 5.11 Å². The molecular weight excluding hydrogens is 196 g/mol. The molecule has 0 unspecified atom stereocenters. The zero-order chi connectivity index (χ0) is 11.2. The van der Waals surface area contributed by atoms with Gasteiger partial charge in [0.05, 0.1) is 5.97 Å². The van der Waals surface area contributed by atoms with E-state index in [0.29, 0.717) is 0 Å². The van der Waals surface area contributed by atoms with E-state index < -0.39 is 14.3 Å². The summed E-state index contributed by atoms with van der Waals surface area (Å²) in [7, 11) is -1.09. The average molecular weight is 215 g/mol. The first kappa shape index (κ1) is 13.4. The summed E-state index contributed by atoms with van der Waals surface area (Å²) in [5.74, 6) is -1.19. The van der Waals surface area contributed by atoms with Crippen LogP contribution >= 0.6 is 0 Å². The van der Waals surface area contributed by atoms with Crippen LogP contribution in [0.4, 0.5) is 0 Å². The van der Waals surface area contributed by atoms with Crippen molar-refractivity contribution in [3.63, 3.8) is 0 Å². The van der Waals surface area contributed by atoms with E-state index in [1.165, 1.54) is 25.8 Å². The molecule has 0 saturated carbocycles. The largest absolute Gasteiger partial charge is 0.545 e. The molecule has 0 spiro atoms. The molecule has 0 bridgehead atoms. The van der Waals surface area contributed by atoms with Gasteiger partial charge in [-0.25, -0.2) is 0 Å². The zero-order valence-electron chi connectivity index (χ0n) is 9.26. The van der Waals surface area contributed by atoms with Gasteiger partial charge < -0.3 is 14.3 Å². The van der Waals surface area contributed by atoms with Crippen molar-refractivity contribution in [2.24, 2.45) is 0 Å². The van der Waals surface area contributed by atoms with Crippen molar-refractivity contribution < 1.29 is 14.3 Å². The van der Waals surface area contributed by atoms with Crippen LogP contribution in [0.15, 0.2) is 12.2 Å². The Morgan fingerprint density at radius 3 is 2.07 bits per heavy atom. The highest BCUT2D eigenvalue weighted by molar-refractivity contribution is 6.71. The number of carboxylic acid groups (broad SMARTS) is 1. The predicted octanol–water partition coefficient (Wildman–Crippen LogP) is 1.31. The van der Waals surface area contributed by atoms with E-state index >= 15 is 0 Å². The van der Waals surface area contributed by atoms with Gasteiger partial charge in [-0.3, -0.25) is 0 Å². The fraction of sp³-hybridized carbons (Fsp3) is 0.700. The van der Waals surface area contributed by atoms with Crippen LogP contribution in [0.5, 0.6) is 0 Å². The minimum atomic E-state index is -1.19. The van der Waals surface area contributed by atoms with Gasteiger partial charge >= 0.3 is 0 Å². The van der Waals surface area contributed by atoms with Crippen molar-refractivity contribution >= 4 is 14.3 Å². The summed E-state index contributed by atoms with van der Waals surface area (Å²) in [5.41, 5.74) is 0.0648. The number of carboxylic acids is 1. The maximum atomic E-state index is 9.49. The third-order valence-electron chi connectivity index (χ3n) is 2.01. The Kier molecular flexibility index (Phi) is 5.72. The first-order valence-corrected chi connectivity index (χ1v) is 7.97. The summed E-state index contributed by atoms with van der Waals surface area (Å²) in [5, 5.41) is 9.49. The van der Waals surface area contributed by atoms with E-state index in [1.807, 2.05) is 0 Å². The maximum Gasteiger partial charge on any atom is 0.186 e. The molecule has 0 aromatic carbocycles. The lowest BCUT2D eigenvalue weighted by Crippen LogP contribution is -2.33. The molecule has 14 heavy (non-hydrogen) atoms. The van der Waals surface area contributed by atoms with Crippen LogP contribution in [0.2, 0.25) is 19.1 Å². The van der Waals surface area contributed by atoms with E-state index in [0.717, 1.165) is 6.61 Å². The lowest BCUT2D eigenvalue weighted by atomic mass is 10.4. The second kappa shape index (κ2) is 5.98. The van der Waals surface area contributed by atoms with Gasteiger partial charge in [0, 0.05) is 6.61 Å². The lowest BCUT2D eigenvalue weighted by molar-refractivity contribution is -0.299. The fourth-order valence-corrected chi connectivity index (χ4v) is 3.02. The molecule has 0 N–H and O–H groups in total. The molecule has 0 aromatic rings. The third-order valence-corrected chi connectivity index (χ3v) is 4.56. The van der Waals surface area contributed by atoms with Crippen LogP contribution in [0.1, 0.15) is 19.8 Å². The van der Waals surface area contributed by atoms with Crippen molar-refractivity contribution in [2.45, 2.75) is 38.9 Å². The Balaban J connectivity index is 0.000000255. The van der Waals surface area contributed by atoms with Crippen LogP contribution in [-0.4, -0.2) is 20.9 Å². The fourth-order valence-electron chi connectivity index (χ4n) is 1.07. The highest BCUT2D eigenvalue weighted by atomic mass is 28.4. The number of hydrogen-bond acceptors (Lipinski definition) is 3. The van der Waals surface area contributed by atoms with Crippen molar-refractivity contribution in [1.82, 2.24) is 0 Å². The molecule has 3 nitrogen and oxygen atoms in total. The summed E-state index contributed by atoms with van der Waals surface area (Å²) >= 11 is 0. The van der Waals surface area contributed by atoms with Gasteiger partial charge in [-0.05, 0) is 38.1 Å². The molecule has 82 valence electrons. The second-order valence-electron chi connectivity index (χ2n) is 4.13. The van der Waals surface area contributed by atoms with Gasteiger partial charge in [0.25, 0.3) is 0 Å². The van der Waals surface area contributed by atoms with E-state index in [9.17, 15) is 9.90 Å². The Morgan fingerprint density at radius 2 is 1.93 bits per heavy atom. The Labute approximate surface area is 86.9 Å². The van der Waals surface area contributed by atoms with Crippen LogP contribution in [0, 0.1) is 0 Å². The molecule has 1 heterocycles. The van der Waals surface area contributed by atoms with Gasteiger partial charge in [-0.1, -0.05) is 13.0 Å². The minimum Gasteiger partial charge on any atom is -0.545 e. The second-order valence-corrected chi connectivity index (χ2v) is 8.44. The molecule has 1 aliphatic heterocycles. The van der Waals surface area contributed by atoms with E-state index in [-0.39, 0.29) is 5.57 Å². The summed E-state index contributed by atoms with van der Waals surface area (Å²) in [6.45, 7) is 10.1. The van der Waals surface area contributed by atoms with Crippen LogP contribution in [0.25, 0.3) is 0 Å². The van der Waals surface area contributed by atoms with E-state index in [2.05, 4.69) is 19.7 Å². The summed E-state index contributed by atoms with van der Waals surface area (Å²) in [4.78, 5) is 9.49. The first-order valence-electron chi connectivity index (χ1n) is 4.86. The molecule has 0 radical (unpaired) electrons. The monoisotopic (exact) mass is 215 g/mol. The Hall–Kier alpha value is -0.613. The highest BCUT2D eigenvalue weighted by Gasteiger charge is 2.24. The van der Waals surface area contributed by atoms with Crippen LogP contribution in [-0.2, 0) is 9.22 Å². The minimum absolute atomic E-state index is 0.0648. The Morgan fingerprint density at radius 1 is 1.43 bits per heavy atom. The van der Waals surface area contributed by atoms with Gasteiger partial charge in [0.1, 0.15) is 0 Å². The smallest absolute Gasteiger partial charge is 0.186 e. The molecule has 0 aromatic heterocycles. The number of rotatable bonds is 1. The topological polar surface area (TPSA) is 49.4 Å². The quantitative estimate of drug-likeness (QED) is 0.489. The molecular formula is C10H19O3Si-. The van der Waals surface area contributed by atoms with Gasteiger partial charge in [0.2, 0.25) is 0 Å². The van der Waals surface area contributed by atoms with E-state index in [4.69, 9.17) is 4.43 Å². The maximum absolute atomic E-state index is 9.49. The average Bonchev–Trinajstić information content (AvgIpc) is 2.04. The molecule has 0 atom stereocenters. The molecule has 4 heteroatoms. The predicted molar refractivity (Wildman–Crippen MR) is 57.3 cm³/mol. The van der Waals surface area contributed by atoms with Crippen molar-refractivity contribution in [2.75, 3.05) is 6.61 Å². The molecule has 1 aliphatic rings. The first-order chi connectivity index (χ1) is 6.35. The van der Waals surface area contributed by atoms with Crippen LogP contribution in [0.3, 0.4) is 0 Å². The number of hydrogen-bond donors (Lipinski definition) is 0. The zero-order valence-corrected chi connectivity index (χ0v) is 10.3.